The number of nitro groups is 1. The first-order valence-electron chi connectivity index (χ1n) is 6.02. The molecule has 0 heterocycles. The van der Waals surface area contributed by atoms with Crippen molar-refractivity contribution in [3.63, 3.8) is 0 Å². The second-order valence-corrected chi connectivity index (χ2v) is 4.00. The summed E-state index contributed by atoms with van der Waals surface area (Å²) in [5, 5.41) is 14.1. The molecule has 0 spiro atoms. The van der Waals surface area contributed by atoms with Gasteiger partial charge >= 0.3 is 0 Å². The van der Waals surface area contributed by atoms with Crippen LogP contribution in [0.2, 0.25) is 0 Å². The summed E-state index contributed by atoms with van der Waals surface area (Å²) in [6, 6.07) is 16.1. The van der Waals surface area contributed by atoms with E-state index in [1.807, 2.05) is 30.3 Å². The predicted molar refractivity (Wildman–Crippen MR) is 78.0 cm³/mol. The van der Waals surface area contributed by atoms with Crippen molar-refractivity contribution in [3.05, 3.63) is 76.5 Å². The van der Waals surface area contributed by atoms with Gasteiger partial charge in [-0.2, -0.15) is 0 Å². The van der Waals surface area contributed by atoms with Gasteiger partial charge in [-0.15, -0.1) is 0 Å². The van der Waals surface area contributed by atoms with Crippen LogP contribution < -0.4 is 10.1 Å². The lowest BCUT2D eigenvalue weighted by atomic mass is 10.1. The first kappa shape index (κ1) is 13.6. The van der Waals surface area contributed by atoms with Crippen LogP contribution in [0.3, 0.4) is 0 Å². The quantitative estimate of drug-likeness (QED) is 0.668. The zero-order chi connectivity index (χ0) is 14.4. The minimum absolute atomic E-state index is 0.0497. The molecule has 0 radical (unpaired) electrons. The number of hydrogen-bond donors (Lipinski definition) is 1. The molecule has 102 valence electrons. The second-order valence-electron chi connectivity index (χ2n) is 4.00. The molecule has 2 aromatic carbocycles. The minimum atomic E-state index is -0.437. The number of para-hydroxylation sites is 2. The molecule has 0 aromatic heterocycles. The summed E-state index contributed by atoms with van der Waals surface area (Å²) in [4.78, 5) is 10.8. The zero-order valence-corrected chi connectivity index (χ0v) is 10.9. The molecule has 1 N–H and O–H groups in total. The maximum atomic E-state index is 11.2. The summed E-state index contributed by atoms with van der Waals surface area (Å²) in [6.45, 7) is 0. The lowest BCUT2D eigenvalue weighted by Crippen LogP contribution is -2.03. The van der Waals surface area contributed by atoms with Crippen molar-refractivity contribution in [3.8, 4) is 5.75 Å². The number of rotatable bonds is 5. The molecule has 0 bridgehead atoms. The highest BCUT2D eigenvalue weighted by molar-refractivity contribution is 5.67. The van der Waals surface area contributed by atoms with E-state index in [4.69, 9.17) is 4.74 Å². The molecule has 5 nitrogen and oxygen atoms in total. The van der Waals surface area contributed by atoms with Crippen molar-refractivity contribution in [1.29, 1.82) is 0 Å². The van der Waals surface area contributed by atoms with E-state index in [1.165, 1.54) is 13.3 Å². The van der Waals surface area contributed by atoms with E-state index in [0.717, 1.165) is 5.69 Å². The Labute approximate surface area is 116 Å². The van der Waals surface area contributed by atoms with Crippen LogP contribution in [0.4, 0.5) is 5.69 Å². The van der Waals surface area contributed by atoms with Crippen LogP contribution in [-0.2, 0) is 0 Å². The molecule has 2 rings (SSSR count). The summed E-state index contributed by atoms with van der Waals surface area (Å²) in [5.41, 5.74) is 1.16. The van der Waals surface area contributed by atoms with E-state index in [-0.39, 0.29) is 5.70 Å². The Balaban J connectivity index is 2.34. The number of nitrogens with one attached hydrogen (secondary N) is 1. The molecule has 0 aliphatic rings. The Morgan fingerprint density at radius 2 is 1.80 bits per heavy atom. The van der Waals surface area contributed by atoms with Crippen LogP contribution in [0.15, 0.2) is 60.8 Å². The third kappa shape index (κ3) is 3.14. The van der Waals surface area contributed by atoms with Gasteiger partial charge in [0, 0.05) is 5.69 Å². The highest BCUT2D eigenvalue weighted by atomic mass is 16.6. The summed E-state index contributed by atoms with van der Waals surface area (Å²) in [7, 11) is 1.49. The van der Waals surface area contributed by atoms with Crippen LogP contribution in [0.5, 0.6) is 5.75 Å². The minimum Gasteiger partial charge on any atom is -0.496 e. The van der Waals surface area contributed by atoms with Crippen molar-refractivity contribution in [2.45, 2.75) is 0 Å². The van der Waals surface area contributed by atoms with Crippen LogP contribution in [0, 0.1) is 10.1 Å². The zero-order valence-electron chi connectivity index (χ0n) is 10.9. The standard InChI is InChI=1S/C15H14N2O3/c1-20-15-10-6-5-9-13(15)14(17(18)19)11-16-12-7-3-2-4-8-12/h2-11,16H,1H3/b14-11-. The van der Waals surface area contributed by atoms with E-state index < -0.39 is 4.92 Å². The maximum Gasteiger partial charge on any atom is 0.296 e. The van der Waals surface area contributed by atoms with Crippen LogP contribution >= 0.6 is 0 Å². The largest absolute Gasteiger partial charge is 0.496 e. The van der Waals surface area contributed by atoms with Gasteiger partial charge in [-0.3, -0.25) is 10.1 Å². The smallest absolute Gasteiger partial charge is 0.296 e. The van der Waals surface area contributed by atoms with Gasteiger partial charge in [-0.1, -0.05) is 30.3 Å². The molecule has 0 amide bonds. The van der Waals surface area contributed by atoms with Crippen molar-refractivity contribution in [2.24, 2.45) is 0 Å². The third-order valence-corrected chi connectivity index (χ3v) is 2.73. The van der Waals surface area contributed by atoms with Gasteiger partial charge in [0.05, 0.1) is 23.8 Å². The normalized spacial score (nSPS) is 10.9. The summed E-state index contributed by atoms with van der Waals surface area (Å²) in [5.74, 6) is 0.463. The average Bonchev–Trinajstić information content (AvgIpc) is 2.48. The van der Waals surface area contributed by atoms with Gasteiger partial charge in [-0.05, 0) is 24.3 Å². The highest BCUT2D eigenvalue weighted by Crippen LogP contribution is 2.26. The van der Waals surface area contributed by atoms with Crippen molar-refractivity contribution in [1.82, 2.24) is 0 Å². The lowest BCUT2D eigenvalue weighted by Gasteiger charge is -2.06. The molecular formula is C15H14N2O3. The number of nitrogens with zero attached hydrogens (tertiary/aromatic N) is 1. The number of hydrogen-bond acceptors (Lipinski definition) is 4. The van der Waals surface area contributed by atoms with E-state index in [2.05, 4.69) is 5.32 Å². The molecule has 5 heteroatoms. The van der Waals surface area contributed by atoms with Gasteiger partial charge in [0.1, 0.15) is 5.75 Å². The van der Waals surface area contributed by atoms with Crippen molar-refractivity contribution >= 4 is 11.4 Å². The van der Waals surface area contributed by atoms with Gasteiger partial charge in [0.25, 0.3) is 5.70 Å². The first-order chi connectivity index (χ1) is 9.72. The molecule has 0 saturated carbocycles. The number of ether oxygens (including phenoxy) is 1. The maximum absolute atomic E-state index is 11.2. The molecule has 0 atom stereocenters. The molecule has 0 unspecified atom stereocenters. The Bertz CT molecular complexity index is 624. The second kappa shape index (κ2) is 6.38. The topological polar surface area (TPSA) is 64.4 Å². The van der Waals surface area contributed by atoms with Gasteiger partial charge < -0.3 is 10.1 Å². The number of methoxy groups -OCH3 is 1. The summed E-state index contributed by atoms with van der Waals surface area (Å²) in [6.07, 6.45) is 1.37. The molecule has 2 aromatic rings. The van der Waals surface area contributed by atoms with Crippen LogP contribution in [0.1, 0.15) is 5.56 Å². The SMILES string of the molecule is COc1ccccc1/C(=C/Nc1ccccc1)[N+](=O)[O-]. The molecule has 0 aliphatic heterocycles. The fourth-order valence-corrected chi connectivity index (χ4v) is 1.77. The number of anilines is 1. The molecule has 20 heavy (non-hydrogen) atoms. The van der Waals surface area contributed by atoms with Gasteiger partial charge in [0.2, 0.25) is 0 Å². The van der Waals surface area contributed by atoms with Gasteiger partial charge in [-0.25, -0.2) is 0 Å². The number of benzene rings is 2. The Morgan fingerprint density at radius 1 is 1.15 bits per heavy atom. The lowest BCUT2D eigenvalue weighted by molar-refractivity contribution is -0.375. The van der Waals surface area contributed by atoms with Crippen molar-refractivity contribution < 1.29 is 9.66 Å². The molecule has 0 fully saturated rings. The predicted octanol–water partition coefficient (Wildman–Crippen LogP) is 3.38. The van der Waals surface area contributed by atoms with Crippen LogP contribution in [0.25, 0.3) is 5.70 Å². The van der Waals surface area contributed by atoms with E-state index in [9.17, 15) is 10.1 Å². The van der Waals surface area contributed by atoms with E-state index in [0.29, 0.717) is 11.3 Å². The fourth-order valence-electron chi connectivity index (χ4n) is 1.77. The Hall–Kier alpha value is -2.82. The van der Waals surface area contributed by atoms with Gasteiger partial charge in [0.15, 0.2) is 0 Å². The summed E-state index contributed by atoms with van der Waals surface area (Å²) >= 11 is 0. The summed E-state index contributed by atoms with van der Waals surface area (Å²) < 4.78 is 5.16. The van der Waals surface area contributed by atoms with E-state index in [1.54, 1.807) is 24.3 Å². The fraction of sp³-hybridized carbons (Fsp3) is 0.0667. The molecular weight excluding hydrogens is 256 g/mol. The average molecular weight is 270 g/mol. The van der Waals surface area contributed by atoms with Crippen molar-refractivity contribution in [2.75, 3.05) is 12.4 Å². The Morgan fingerprint density at radius 3 is 2.45 bits per heavy atom. The van der Waals surface area contributed by atoms with Crippen LogP contribution in [-0.4, -0.2) is 12.0 Å². The Kier molecular flexibility index (Phi) is 4.34. The first-order valence-corrected chi connectivity index (χ1v) is 6.02. The molecule has 0 saturated heterocycles. The van der Waals surface area contributed by atoms with E-state index >= 15 is 0 Å². The highest BCUT2D eigenvalue weighted by Gasteiger charge is 2.18. The monoisotopic (exact) mass is 270 g/mol. The molecule has 0 aliphatic carbocycles. The third-order valence-electron chi connectivity index (χ3n) is 2.73.